The lowest BCUT2D eigenvalue weighted by molar-refractivity contribution is -0.143. The first-order chi connectivity index (χ1) is 19.5. The van der Waals surface area contributed by atoms with Crippen LogP contribution in [0.15, 0.2) is 48.7 Å². The van der Waals surface area contributed by atoms with Crippen molar-refractivity contribution in [3.8, 4) is 0 Å². The number of morpholine rings is 1. The van der Waals surface area contributed by atoms with E-state index in [-0.39, 0.29) is 12.6 Å². The van der Waals surface area contributed by atoms with Gasteiger partial charge >= 0.3 is 12.4 Å². The zero-order chi connectivity index (χ0) is 29.2. The van der Waals surface area contributed by atoms with Crippen molar-refractivity contribution in [2.75, 3.05) is 59.0 Å². The summed E-state index contributed by atoms with van der Waals surface area (Å²) in [7, 11) is 0. The molecular formula is C28H31F6N5O2. The molecule has 0 radical (unpaired) electrons. The Hall–Kier alpha value is -3.13. The summed E-state index contributed by atoms with van der Waals surface area (Å²) in [6.45, 7) is 5.15. The van der Waals surface area contributed by atoms with Gasteiger partial charge in [0.25, 0.3) is 5.91 Å². The molecule has 2 fully saturated rings. The topological polar surface area (TPSA) is 63.8 Å². The molecule has 2 aliphatic heterocycles. The molecule has 1 amide bonds. The highest BCUT2D eigenvalue weighted by atomic mass is 19.4. The van der Waals surface area contributed by atoms with Gasteiger partial charge in [0, 0.05) is 74.5 Å². The van der Waals surface area contributed by atoms with E-state index >= 15 is 0 Å². The van der Waals surface area contributed by atoms with Gasteiger partial charge in [0.05, 0.1) is 24.3 Å². The Morgan fingerprint density at radius 3 is 2.32 bits per heavy atom. The van der Waals surface area contributed by atoms with Crippen LogP contribution in [0.2, 0.25) is 0 Å². The van der Waals surface area contributed by atoms with Gasteiger partial charge in [-0.1, -0.05) is 18.2 Å². The van der Waals surface area contributed by atoms with E-state index in [1.165, 1.54) is 4.90 Å². The van der Waals surface area contributed by atoms with Crippen LogP contribution in [0, 0.1) is 0 Å². The summed E-state index contributed by atoms with van der Waals surface area (Å²) in [5, 5.41) is 3.03. The molecule has 3 heterocycles. The number of hydrazine groups is 1. The number of aromatic nitrogens is 1. The highest BCUT2D eigenvalue weighted by Gasteiger charge is 2.39. The standard InChI is InChI=1S/C28H31F6N5O2/c29-27(30,31)21-13-19(14-22(16-21)28(32,33)34)26(40)39-8-7-37(6-5-36-38-9-11-41-12-10-38)18-23(39)15-20-17-35-25-4-2-1-3-24(20)25/h1-4,13-14,16-17,23,35-36H,5-12,15,18H2/t23-/m1/s1. The van der Waals surface area contributed by atoms with Crippen LogP contribution in [0.4, 0.5) is 26.3 Å². The third-order valence-corrected chi connectivity index (χ3v) is 7.57. The minimum absolute atomic E-state index is 0.0413. The van der Waals surface area contributed by atoms with Crippen molar-refractivity contribution in [2.45, 2.75) is 24.8 Å². The number of nitrogens with zero attached hydrogens (tertiary/aromatic N) is 3. The van der Waals surface area contributed by atoms with Gasteiger partial charge in [-0.2, -0.15) is 26.3 Å². The van der Waals surface area contributed by atoms with E-state index < -0.39 is 41.0 Å². The highest BCUT2D eigenvalue weighted by Crippen LogP contribution is 2.37. The summed E-state index contributed by atoms with van der Waals surface area (Å²) >= 11 is 0. The first kappa shape index (κ1) is 29.4. The molecule has 0 spiro atoms. The molecule has 1 aromatic heterocycles. The maximum Gasteiger partial charge on any atom is 0.416 e. The monoisotopic (exact) mass is 583 g/mol. The second-order valence-corrected chi connectivity index (χ2v) is 10.3. The van der Waals surface area contributed by atoms with Crippen molar-refractivity contribution in [1.29, 1.82) is 0 Å². The smallest absolute Gasteiger partial charge is 0.379 e. The third-order valence-electron chi connectivity index (χ3n) is 7.57. The Kier molecular flexibility index (Phi) is 8.60. The molecule has 3 aromatic rings. The molecule has 0 saturated carbocycles. The van der Waals surface area contributed by atoms with Crippen LogP contribution < -0.4 is 5.43 Å². The summed E-state index contributed by atoms with van der Waals surface area (Å²) in [5.74, 6) is -0.850. The average molecular weight is 584 g/mol. The van der Waals surface area contributed by atoms with Crippen LogP contribution in [0.3, 0.4) is 0 Å². The number of carbonyl (C=O) groups excluding carboxylic acids is 1. The number of hydrogen-bond acceptors (Lipinski definition) is 5. The van der Waals surface area contributed by atoms with Crippen LogP contribution >= 0.6 is 0 Å². The third kappa shape index (κ3) is 7.03. The van der Waals surface area contributed by atoms with Gasteiger partial charge in [-0.3, -0.25) is 15.1 Å². The van der Waals surface area contributed by atoms with Crippen molar-refractivity contribution in [2.24, 2.45) is 0 Å². The lowest BCUT2D eigenvalue weighted by atomic mass is 9.98. The number of H-pyrrole nitrogens is 1. The fraction of sp³-hybridized carbons (Fsp3) is 0.464. The van der Waals surface area contributed by atoms with Crippen LogP contribution in [-0.4, -0.2) is 90.8 Å². The predicted molar refractivity (Wildman–Crippen MR) is 140 cm³/mol. The SMILES string of the molecule is O=C(c1cc(C(F)(F)F)cc(C(F)(F)F)c1)N1CCN(CCNN2CCOCC2)C[C@H]1Cc1c[nH]c2ccccc12. The number of rotatable bonds is 7. The summed E-state index contributed by atoms with van der Waals surface area (Å²) in [6.07, 6.45) is -7.86. The summed E-state index contributed by atoms with van der Waals surface area (Å²) in [4.78, 5) is 20.4. The molecule has 2 saturated heterocycles. The van der Waals surface area contributed by atoms with Gasteiger partial charge in [0.1, 0.15) is 0 Å². The Morgan fingerprint density at radius 2 is 1.63 bits per heavy atom. The van der Waals surface area contributed by atoms with Crippen molar-refractivity contribution < 1.29 is 35.9 Å². The Balaban J connectivity index is 1.39. The van der Waals surface area contributed by atoms with E-state index in [9.17, 15) is 31.1 Å². The van der Waals surface area contributed by atoms with E-state index in [0.717, 1.165) is 29.6 Å². The average Bonchev–Trinajstić information content (AvgIpc) is 3.35. The molecule has 7 nitrogen and oxygen atoms in total. The molecule has 2 aromatic carbocycles. The molecule has 2 N–H and O–H groups in total. The predicted octanol–water partition coefficient (Wildman–Crippen LogP) is 4.41. The van der Waals surface area contributed by atoms with Crippen molar-refractivity contribution in [3.63, 3.8) is 0 Å². The van der Waals surface area contributed by atoms with Crippen molar-refractivity contribution in [3.05, 3.63) is 70.9 Å². The summed E-state index contributed by atoms with van der Waals surface area (Å²) in [5.41, 5.74) is 1.55. The van der Waals surface area contributed by atoms with E-state index in [1.54, 1.807) is 0 Å². The number of piperazine rings is 1. The van der Waals surface area contributed by atoms with Gasteiger partial charge in [-0.15, -0.1) is 0 Å². The molecular weight excluding hydrogens is 552 g/mol. The molecule has 0 bridgehead atoms. The van der Waals surface area contributed by atoms with Crippen LogP contribution in [0.25, 0.3) is 10.9 Å². The fourth-order valence-corrected chi connectivity index (χ4v) is 5.45. The van der Waals surface area contributed by atoms with E-state index in [1.807, 2.05) is 30.5 Å². The number of halogens is 6. The zero-order valence-electron chi connectivity index (χ0n) is 22.2. The Morgan fingerprint density at radius 1 is 0.951 bits per heavy atom. The van der Waals surface area contributed by atoms with E-state index in [2.05, 4.69) is 20.3 Å². The number of fused-ring (bicyclic) bond motifs is 1. The van der Waals surface area contributed by atoms with Crippen LogP contribution in [0.1, 0.15) is 27.0 Å². The number of ether oxygens (including phenoxy) is 1. The minimum atomic E-state index is -5.04. The lowest BCUT2D eigenvalue weighted by Gasteiger charge is -2.42. The molecule has 41 heavy (non-hydrogen) atoms. The number of alkyl halides is 6. The van der Waals surface area contributed by atoms with Gasteiger partial charge in [-0.05, 0) is 36.2 Å². The summed E-state index contributed by atoms with van der Waals surface area (Å²) in [6, 6.07) is 8.21. The Labute approximate surface area is 233 Å². The first-order valence-electron chi connectivity index (χ1n) is 13.4. The number of carbonyl (C=O) groups is 1. The second kappa shape index (κ2) is 12.0. The lowest BCUT2D eigenvalue weighted by Crippen LogP contribution is -2.57. The van der Waals surface area contributed by atoms with E-state index in [4.69, 9.17) is 4.74 Å². The molecule has 5 rings (SSSR count). The maximum atomic E-state index is 13.6. The molecule has 13 heteroatoms. The molecule has 0 aliphatic carbocycles. The van der Waals surface area contributed by atoms with Gasteiger partial charge in [-0.25, -0.2) is 5.01 Å². The number of hydrogen-bond donors (Lipinski definition) is 2. The second-order valence-electron chi connectivity index (χ2n) is 10.3. The number of benzene rings is 2. The minimum Gasteiger partial charge on any atom is -0.379 e. The molecule has 222 valence electrons. The van der Waals surface area contributed by atoms with Crippen molar-refractivity contribution in [1.82, 2.24) is 25.2 Å². The van der Waals surface area contributed by atoms with Gasteiger partial charge in [0.15, 0.2) is 0 Å². The summed E-state index contributed by atoms with van der Waals surface area (Å²) < 4.78 is 86.4. The quantitative estimate of drug-likeness (QED) is 0.404. The maximum absolute atomic E-state index is 13.6. The first-order valence-corrected chi connectivity index (χ1v) is 13.4. The molecule has 2 aliphatic rings. The fourth-order valence-electron chi connectivity index (χ4n) is 5.45. The Bertz CT molecular complexity index is 1320. The zero-order valence-corrected chi connectivity index (χ0v) is 22.2. The van der Waals surface area contributed by atoms with Crippen molar-refractivity contribution >= 4 is 16.8 Å². The number of amides is 1. The highest BCUT2D eigenvalue weighted by molar-refractivity contribution is 5.95. The number of para-hydroxylation sites is 1. The van der Waals surface area contributed by atoms with Gasteiger partial charge in [0.2, 0.25) is 0 Å². The molecule has 0 unspecified atom stereocenters. The van der Waals surface area contributed by atoms with Crippen LogP contribution in [0.5, 0.6) is 0 Å². The van der Waals surface area contributed by atoms with E-state index in [0.29, 0.717) is 57.9 Å². The normalized spacial score (nSPS) is 19.7. The molecule has 1 atom stereocenters. The van der Waals surface area contributed by atoms with Gasteiger partial charge < -0.3 is 14.6 Å². The largest absolute Gasteiger partial charge is 0.416 e. The number of aromatic amines is 1. The number of nitrogens with one attached hydrogen (secondary N) is 2. The van der Waals surface area contributed by atoms with Crippen LogP contribution in [-0.2, 0) is 23.5 Å².